The van der Waals surface area contributed by atoms with E-state index < -0.39 is 0 Å². The lowest BCUT2D eigenvalue weighted by atomic mass is 10.1. The van der Waals surface area contributed by atoms with Crippen LogP contribution in [0.1, 0.15) is 13.9 Å². The lowest BCUT2D eigenvalue weighted by Gasteiger charge is -2.09. The lowest BCUT2D eigenvalue weighted by Crippen LogP contribution is -1.92. The average molecular weight is 168 g/mol. The molecule has 0 saturated carbocycles. The normalized spacial score (nSPS) is 12.0. The predicted octanol–water partition coefficient (Wildman–Crippen LogP) is 2.32. The Labute approximate surface area is 75.9 Å². The van der Waals surface area contributed by atoms with Crippen LogP contribution < -0.4 is 9.47 Å². The Morgan fingerprint density at radius 1 is 1.00 bits per heavy atom. The highest BCUT2D eigenvalue weighted by atomic mass is 16.5. The van der Waals surface area contributed by atoms with E-state index in [1.54, 1.807) is 13.8 Å². The van der Waals surface area contributed by atoms with E-state index in [0.717, 1.165) is 0 Å². The molecular weight excluding hydrogens is 152 g/mol. The maximum atomic E-state index is 7.79. The third-order valence-electron chi connectivity index (χ3n) is 1.69. The summed E-state index contributed by atoms with van der Waals surface area (Å²) in [5, 5.41) is 0. The van der Waals surface area contributed by atoms with E-state index in [1.165, 1.54) is 14.2 Å². The van der Waals surface area contributed by atoms with Crippen LogP contribution in [0.5, 0.6) is 11.5 Å². The molecule has 0 N–H and O–H groups in total. The minimum absolute atomic E-state index is 0.290. The first-order valence-corrected chi connectivity index (χ1v) is 3.72. The first-order chi connectivity index (χ1) is 6.54. The molecule has 0 unspecified atom stereocenters. The molecule has 0 saturated heterocycles. The summed E-state index contributed by atoms with van der Waals surface area (Å²) >= 11 is 0. The fourth-order valence-electron chi connectivity index (χ4n) is 1.05. The zero-order chi connectivity index (χ0) is 10.9. The zero-order valence-corrected chi connectivity index (χ0v) is 7.82. The highest BCUT2D eigenvalue weighted by Gasteiger charge is 2.03. The Bertz CT molecular complexity index is 298. The van der Waals surface area contributed by atoms with Gasteiger partial charge in [0, 0.05) is 0 Å². The smallest absolute Gasteiger partial charge is 0.122 e. The van der Waals surface area contributed by atoms with Crippen molar-refractivity contribution in [2.24, 2.45) is 0 Å². The second-order valence-corrected chi connectivity index (χ2v) is 2.57. The molecule has 1 aromatic carbocycles. The molecule has 2 nitrogen and oxygen atoms in total. The van der Waals surface area contributed by atoms with Gasteiger partial charge in [0.1, 0.15) is 11.5 Å². The number of methoxy groups -OCH3 is 2. The quantitative estimate of drug-likeness (QED) is 0.674. The molecule has 0 heterocycles. The minimum atomic E-state index is 0.290. The first-order valence-electron chi connectivity index (χ1n) is 4.72. The fourth-order valence-corrected chi connectivity index (χ4v) is 1.05. The summed E-state index contributed by atoms with van der Waals surface area (Å²) in [6.07, 6.45) is 0. The molecule has 66 valence electrons. The van der Waals surface area contributed by atoms with Gasteiger partial charge in [-0.2, -0.15) is 0 Å². The topological polar surface area (TPSA) is 18.5 Å². The predicted molar refractivity (Wildman–Crippen MR) is 49.0 cm³/mol. The minimum Gasteiger partial charge on any atom is -0.496 e. The fraction of sp³-hybridized carbons (Fsp3) is 0.400. The summed E-state index contributed by atoms with van der Waals surface area (Å²) in [7, 11) is 3.01. The molecule has 0 fully saturated rings. The number of ether oxygens (including phenoxy) is 2. The summed E-state index contributed by atoms with van der Waals surface area (Å²) in [5.74, 6) is 0.904. The van der Waals surface area contributed by atoms with Crippen molar-refractivity contribution in [3.63, 3.8) is 0 Å². The van der Waals surface area contributed by atoms with E-state index in [4.69, 9.17) is 12.2 Å². The molecule has 0 aromatic heterocycles. The van der Waals surface area contributed by atoms with E-state index >= 15 is 0 Å². The van der Waals surface area contributed by atoms with Crippen LogP contribution in [-0.2, 0) is 0 Å². The van der Waals surface area contributed by atoms with Crippen LogP contribution in [-0.4, -0.2) is 14.2 Å². The molecule has 0 bridgehead atoms. The molecule has 12 heavy (non-hydrogen) atoms. The van der Waals surface area contributed by atoms with Crippen molar-refractivity contribution in [3.8, 4) is 11.5 Å². The van der Waals surface area contributed by atoms with Crippen LogP contribution in [0.3, 0.4) is 0 Å². The summed E-state index contributed by atoms with van der Waals surface area (Å²) in [4.78, 5) is 0. The molecule has 0 spiro atoms. The molecular formula is C10H14O2. The lowest BCUT2D eigenvalue weighted by molar-refractivity contribution is 0.398. The van der Waals surface area contributed by atoms with Crippen LogP contribution in [0.25, 0.3) is 0 Å². The van der Waals surface area contributed by atoms with E-state index in [9.17, 15) is 0 Å². The Morgan fingerprint density at radius 2 is 1.33 bits per heavy atom. The third kappa shape index (κ3) is 1.52. The number of hydrogen-bond donors (Lipinski definition) is 0. The summed E-state index contributed by atoms with van der Waals surface area (Å²) in [6.45, 7) is 3.50. The van der Waals surface area contributed by atoms with Gasteiger partial charge in [0.15, 0.2) is 0 Å². The highest BCUT2D eigenvalue weighted by molar-refractivity contribution is 5.45. The number of benzene rings is 1. The van der Waals surface area contributed by atoms with Gasteiger partial charge in [0.2, 0.25) is 0 Å². The SMILES string of the molecule is [2H]c1c(C)c(OC)c([2H])c(C)c1OC. The molecule has 1 aromatic rings. The Kier molecular flexibility index (Phi) is 1.84. The van der Waals surface area contributed by atoms with Gasteiger partial charge in [-0.15, -0.1) is 0 Å². The van der Waals surface area contributed by atoms with Gasteiger partial charge in [-0.1, -0.05) is 0 Å². The third-order valence-corrected chi connectivity index (χ3v) is 1.69. The average Bonchev–Trinajstić information content (AvgIpc) is 2.17. The standard InChI is InChI=1S/C10H14O2/c1-7-5-10(12-4)8(2)6-9(7)11-3/h5-6H,1-4H3/i5D,6D. The van der Waals surface area contributed by atoms with Crippen LogP contribution in [0, 0.1) is 13.8 Å². The van der Waals surface area contributed by atoms with Crippen molar-refractivity contribution >= 4 is 0 Å². The largest absolute Gasteiger partial charge is 0.496 e. The van der Waals surface area contributed by atoms with E-state index in [2.05, 4.69) is 0 Å². The molecule has 0 amide bonds. The van der Waals surface area contributed by atoms with Gasteiger partial charge >= 0.3 is 0 Å². The number of hydrogen-bond acceptors (Lipinski definition) is 2. The summed E-state index contributed by atoms with van der Waals surface area (Å²) in [6, 6.07) is 0.579. The number of rotatable bonds is 2. The Morgan fingerprint density at radius 3 is 1.58 bits per heavy atom. The molecule has 0 aliphatic rings. The second kappa shape index (κ2) is 3.48. The van der Waals surface area contributed by atoms with E-state index in [-0.39, 0.29) is 12.1 Å². The maximum absolute atomic E-state index is 7.79. The van der Waals surface area contributed by atoms with Gasteiger partial charge in [0.25, 0.3) is 0 Å². The van der Waals surface area contributed by atoms with Gasteiger partial charge in [-0.05, 0) is 37.1 Å². The Balaban J connectivity index is 3.55. The highest BCUT2D eigenvalue weighted by Crippen LogP contribution is 2.26. The van der Waals surface area contributed by atoms with Gasteiger partial charge in [-0.3, -0.25) is 0 Å². The van der Waals surface area contributed by atoms with Crippen LogP contribution in [0.4, 0.5) is 0 Å². The zero-order valence-electron chi connectivity index (χ0n) is 9.82. The molecule has 0 radical (unpaired) electrons. The van der Waals surface area contributed by atoms with Crippen LogP contribution >= 0.6 is 0 Å². The maximum Gasteiger partial charge on any atom is 0.122 e. The molecule has 0 atom stereocenters. The van der Waals surface area contributed by atoms with Crippen molar-refractivity contribution < 1.29 is 12.2 Å². The van der Waals surface area contributed by atoms with E-state index in [0.29, 0.717) is 22.6 Å². The molecule has 2 heteroatoms. The van der Waals surface area contributed by atoms with Crippen molar-refractivity contribution in [1.29, 1.82) is 0 Å². The summed E-state index contributed by atoms with van der Waals surface area (Å²) < 4.78 is 25.7. The van der Waals surface area contributed by atoms with Gasteiger partial charge in [-0.25, -0.2) is 0 Å². The van der Waals surface area contributed by atoms with Gasteiger partial charge < -0.3 is 9.47 Å². The van der Waals surface area contributed by atoms with Crippen molar-refractivity contribution in [2.75, 3.05) is 14.2 Å². The van der Waals surface area contributed by atoms with Crippen molar-refractivity contribution in [1.82, 2.24) is 0 Å². The second-order valence-electron chi connectivity index (χ2n) is 2.57. The monoisotopic (exact) mass is 168 g/mol. The molecule has 0 aliphatic heterocycles. The van der Waals surface area contributed by atoms with Crippen LogP contribution in [0.15, 0.2) is 12.1 Å². The van der Waals surface area contributed by atoms with Crippen LogP contribution in [0.2, 0.25) is 0 Å². The first kappa shape index (κ1) is 6.35. The van der Waals surface area contributed by atoms with Crippen molar-refractivity contribution in [2.45, 2.75) is 13.8 Å². The molecule has 1 rings (SSSR count). The summed E-state index contributed by atoms with van der Waals surface area (Å²) in [5.41, 5.74) is 1.28. The van der Waals surface area contributed by atoms with E-state index in [1.807, 2.05) is 0 Å². The Hall–Kier alpha value is -1.18. The molecule has 0 aliphatic carbocycles. The van der Waals surface area contributed by atoms with Crippen molar-refractivity contribution in [3.05, 3.63) is 23.2 Å². The van der Waals surface area contributed by atoms with Gasteiger partial charge in [0.05, 0.1) is 17.0 Å².